The van der Waals surface area contributed by atoms with E-state index in [1.54, 1.807) is 6.07 Å². The van der Waals surface area contributed by atoms with Crippen molar-refractivity contribution in [2.75, 3.05) is 0 Å². The molecule has 0 aromatic rings. The zero-order valence-corrected chi connectivity index (χ0v) is 2.95. The van der Waals surface area contributed by atoms with E-state index in [1.807, 2.05) is 0 Å². The van der Waals surface area contributed by atoms with E-state index in [9.17, 15) is 0 Å². The van der Waals surface area contributed by atoms with Crippen LogP contribution in [0.2, 0.25) is 0 Å². The third-order valence-electron chi connectivity index (χ3n) is 0. The molecule has 0 heterocycles. The summed E-state index contributed by atoms with van der Waals surface area (Å²) in [7, 11) is 0. The Morgan fingerprint density at radius 1 is 2.00 bits per heavy atom. The summed E-state index contributed by atoms with van der Waals surface area (Å²) >= 11 is 0. The molecule has 0 aliphatic heterocycles. The first kappa shape index (κ1) is 8.94. The molecule has 0 rings (SSSR count). The molecule has 0 amide bonds. The van der Waals surface area contributed by atoms with Gasteiger partial charge in [-0.25, -0.2) is 0 Å². The molecule has 0 atom stereocenters. The molecular formula is C2H4LiN. The van der Waals surface area contributed by atoms with E-state index in [-0.39, 0.29) is 20.3 Å². The van der Waals surface area contributed by atoms with Crippen molar-refractivity contribution in [3.63, 3.8) is 0 Å². The Morgan fingerprint density at radius 2 is 2.00 bits per heavy atom. The van der Waals surface area contributed by atoms with Gasteiger partial charge in [0.25, 0.3) is 0 Å². The predicted molar refractivity (Wildman–Crippen MR) is 12.4 cm³/mol. The third-order valence-corrected chi connectivity index (χ3v) is 0. The topological polar surface area (TPSA) is 23.8 Å². The second kappa shape index (κ2) is 11.4. The van der Waals surface area contributed by atoms with Gasteiger partial charge in [-0.1, -0.05) is 0 Å². The number of nitrogens with zero attached hydrogens (tertiary/aromatic N) is 1. The predicted octanol–water partition coefficient (Wildman–Crippen LogP) is -2.35. The second-order valence-corrected chi connectivity index (χ2v) is 0.224. The molecule has 0 aromatic carbocycles. The molecule has 0 bridgehead atoms. The van der Waals surface area contributed by atoms with Crippen LogP contribution in [0.3, 0.4) is 0 Å². The zero-order valence-electron chi connectivity index (χ0n) is 3.95. The Morgan fingerprint density at radius 3 is 2.00 bits per heavy atom. The summed E-state index contributed by atoms with van der Waals surface area (Å²) < 4.78 is 0. The average Bonchev–Trinajstić information content (AvgIpc) is 0.918. The van der Waals surface area contributed by atoms with Crippen LogP contribution in [0.15, 0.2) is 0 Å². The summed E-state index contributed by atoms with van der Waals surface area (Å²) in [4.78, 5) is 0. The minimum atomic E-state index is 0. The Labute approximate surface area is 39.3 Å². The fraction of sp³-hybridized carbons (Fsp3) is 0.500. The average molecular weight is 49.0 g/mol. The molecule has 0 saturated heterocycles. The van der Waals surface area contributed by atoms with Crippen LogP contribution in [0.1, 0.15) is 8.35 Å². The van der Waals surface area contributed by atoms with E-state index in [0.717, 1.165) is 0 Å². The first-order valence-corrected chi connectivity index (χ1v) is 0.724. The fourth-order valence-corrected chi connectivity index (χ4v) is 0. The molecule has 0 aromatic heterocycles. The van der Waals surface area contributed by atoms with Crippen LogP contribution in [0.25, 0.3) is 0 Å². The van der Waals surface area contributed by atoms with Gasteiger partial charge in [-0.2, -0.15) is 5.26 Å². The molecule has 4 heavy (non-hydrogen) atoms. The molecule has 0 saturated carbocycles. The van der Waals surface area contributed by atoms with Crippen molar-refractivity contribution in [3.05, 3.63) is 0 Å². The fourth-order valence-electron chi connectivity index (χ4n) is 0. The Bertz CT molecular complexity index is 31.1. The summed E-state index contributed by atoms with van der Waals surface area (Å²) in [6.45, 7) is 1.43. The van der Waals surface area contributed by atoms with Gasteiger partial charge in [-0.15, -0.1) is 0 Å². The number of rotatable bonds is 0. The third kappa shape index (κ3) is 323. The Balaban J connectivity index is -0.0000000200. The van der Waals surface area contributed by atoms with Gasteiger partial charge in [-0.3, -0.25) is 0 Å². The largest absolute Gasteiger partial charge is 1.00 e. The molecule has 0 N–H and O–H groups in total. The van der Waals surface area contributed by atoms with Crippen molar-refractivity contribution < 1.29 is 20.3 Å². The van der Waals surface area contributed by atoms with Crippen LogP contribution in [-0.4, -0.2) is 0 Å². The van der Waals surface area contributed by atoms with Crippen molar-refractivity contribution in [3.8, 4) is 6.07 Å². The zero-order chi connectivity index (χ0) is 2.71. The summed E-state index contributed by atoms with van der Waals surface area (Å²) in [6, 6.07) is 1.75. The van der Waals surface area contributed by atoms with Crippen LogP contribution >= 0.6 is 0 Å². The van der Waals surface area contributed by atoms with E-state index in [2.05, 4.69) is 0 Å². The summed E-state index contributed by atoms with van der Waals surface area (Å²) in [6.07, 6.45) is 0. The smallest absolute Gasteiger partial charge is 1.00 e. The second-order valence-electron chi connectivity index (χ2n) is 0.224. The van der Waals surface area contributed by atoms with Gasteiger partial charge < -0.3 is 1.43 Å². The molecule has 0 spiro atoms. The number of hydrogen-bond acceptors (Lipinski definition) is 1. The van der Waals surface area contributed by atoms with Crippen LogP contribution in [0.4, 0.5) is 0 Å². The van der Waals surface area contributed by atoms with Crippen molar-refractivity contribution in [1.82, 2.24) is 0 Å². The Kier molecular flexibility index (Phi) is 25.4. The van der Waals surface area contributed by atoms with Crippen LogP contribution < -0.4 is 18.9 Å². The summed E-state index contributed by atoms with van der Waals surface area (Å²) in [5.41, 5.74) is 0. The Hall–Kier alpha value is 0.0874. The van der Waals surface area contributed by atoms with E-state index >= 15 is 0 Å². The minimum Gasteiger partial charge on any atom is -1.00 e. The van der Waals surface area contributed by atoms with Gasteiger partial charge in [-0.05, 0) is 0 Å². The normalized spacial score (nSPS) is 2.00. The molecule has 0 fully saturated rings. The first-order chi connectivity index (χ1) is 1.41. The maximum Gasteiger partial charge on any atom is 1.00 e. The monoisotopic (exact) mass is 49.1 g/mol. The van der Waals surface area contributed by atoms with E-state index in [4.69, 9.17) is 5.26 Å². The molecular weight excluding hydrogens is 45.0 g/mol. The SMILES string of the molecule is CC#N.[H-].[Li+]. The molecule has 1 nitrogen and oxygen atoms in total. The van der Waals surface area contributed by atoms with Gasteiger partial charge in [0.15, 0.2) is 0 Å². The van der Waals surface area contributed by atoms with E-state index in [1.165, 1.54) is 6.92 Å². The standard InChI is InChI=1S/C2H3N.Li.H/c1-2-3;;/h1H3;;/q;+1;-1. The molecule has 0 aliphatic carbocycles. The minimum absolute atomic E-state index is 0. The summed E-state index contributed by atoms with van der Waals surface area (Å²) in [5.74, 6) is 0. The maximum atomic E-state index is 7.32. The molecule has 0 radical (unpaired) electrons. The van der Waals surface area contributed by atoms with E-state index < -0.39 is 0 Å². The van der Waals surface area contributed by atoms with E-state index in [0.29, 0.717) is 0 Å². The number of nitriles is 1. The van der Waals surface area contributed by atoms with Crippen LogP contribution in [-0.2, 0) is 0 Å². The van der Waals surface area contributed by atoms with Crippen molar-refractivity contribution in [2.24, 2.45) is 0 Å². The van der Waals surface area contributed by atoms with Crippen molar-refractivity contribution in [1.29, 1.82) is 5.26 Å². The number of hydrogen-bond donors (Lipinski definition) is 0. The van der Waals surface area contributed by atoms with Gasteiger partial charge in [0.2, 0.25) is 0 Å². The summed E-state index contributed by atoms with van der Waals surface area (Å²) in [5, 5.41) is 7.32. The van der Waals surface area contributed by atoms with Gasteiger partial charge in [0, 0.05) is 6.92 Å². The first-order valence-electron chi connectivity index (χ1n) is 0.724. The van der Waals surface area contributed by atoms with Gasteiger partial charge >= 0.3 is 18.9 Å². The van der Waals surface area contributed by atoms with Gasteiger partial charge in [0.05, 0.1) is 6.07 Å². The van der Waals surface area contributed by atoms with Crippen molar-refractivity contribution in [2.45, 2.75) is 6.92 Å². The maximum absolute atomic E-state index is 7.32. The molecule has 0 unspecified atom stereocenters. The molecule has 0 aliphatic rings. The van der Waals surface area contributed by atoms with Gasteiger partial charge in [0.1, 0.15) is 0 Å². The molecule has 2 heteroatoms. The molecule has 18 valence electrons. The van der Waals surface area contributed by atoms with Crippen molar-refractivity contribution >= 4 is 0 Å². The van der Waals surface area contributed by atoms with Crippen LogP contribution in [0, 0.1) is 11.3 Å². The quantitative estimate of drug-likeness (QED) is 0.281. The van der Waals surface area contributed by atoms with Crippen LogP contribution in [0.5, 0.6) is 0 Å².